The van der Waals surface area contributed by atoms with Crippen molar-refractivity contribution in [3.63, 3.8) is 0 Å². The molecule has 154 valence electrons. The zero-order chi connectivity index (χ0) is 19.9. The normalized spacial score (nSPS) is 24.8. The van der Waals surface area contributed by atoms with Gasteiger partial charge in [0.2, 0.25) is 5.91 Å². The molecule has 0 aromatic carbocycles. The lowest BCUT2D eigenvalue weighted by molar-refractivity contribution is -0.137. The van der Waals surface area contributed by atoms with Crippen LogP contribution in [0.5, 0.6) is 0 Å². The van der Waals surface area contributed by atoms with Crippen LogP contribution in [0, 0.1) is 13.8 Å². The van der Waals surface area contributed by atoms with Crippen molar-refractivity contribution in [1.29, 1.82) is 0 Å². The minimum atomic E-state index is -0.310. The van der Waals surface area contributed by atoms with E-state index >= 15 is 0 Å². The number of rotatable bonds is 4. The van der Waals surface area contributed by atoms with Crippen molar-refractivity contribution < 1.29 is 23.5 Å². The molecule has 3 aliphatic rings. The van der Waals surface area contributed by atoms with Gasteiger partial charge >= 0.3 is 0 Å². The maximum Gasteiger partial charge on any atom is 0.257 e. The van der Waals surface area contributed by atoms with Crippen LogP contribution < -0.4 is 0 Å². The molecule has 0 bridgehead atoms. The number of amides is 2. The van der Waals surface area contributed by atoms with Crippen molar-refractivity contribution in [3.05, 3.63) is 23.2 Å². The van der Waals surface area contributed by atoms with E-state index in [1.54, 1.807) is 25.0 Å². The minimum absolute atomic E-state index is 0.0573. The van der Waals surface area contributed by atoms with Gasteiger partial charge in [-0.05, 0) is 19.9 Å². The van der Waals surface area contributed by atoms with Gasteiger partial charge in [0.1, 0.15) is 23.2 Å². The number of furan rings is 1. The fourth-order valence-corrected chi connectivity index (χ4v) is 4.99. The van der Waals surface area contributed by atoms with Gasteiger partial charge in [0.25, 0.3) is 5.91 Å². The first-order chi connectivity index (χ1) is 13.5. The molecule has 2 amide bonds. The molecule has 0 radical (unpaired) electrons. The molecule has 3 aliphatic heterocycles. The molecule has 0 unspecified atom stereocenters. The van der Waals surface area contributed by atoms with E-state index in [2.05, 4.69) is 4.90 Å². The van der Waals surface area contributed by atoms with Crippen LogP contribution in [0.1, 0.15) is 34.7 Å². The lowest BCUT2D eigenvalue weighted by Gasteiger charge is -2.48. The van der Waals surface area contributed by atoms with Gasteiger partial charge in [-0.3, -0.25) is 14.5 Å². The molecule has 0 N–H and O–H groups in total. The van der Waals surface area contributed by atoms with Crippen LogP contribution in [0.25, 0.3) is 0 Å². The van der Waals surface area contributed by atoms with Gasteiger partial charge in [-0.1, -0.05) is 0 Å². The molecular formula is C20H29N3O5. The second-order valence-electron chi connectivity index (χ2n) is 7.86. The summed E-state index contributed by atoms with van der Waals surface area (Å²) in [5.41, 5.74) is 0.281. The number of carbonyl (C=O) groups is 2. The first kappa shape index (κ1) is 19.4. The first-order valence-corrected chi connectivity index (χ1v) is 9.99. The zero-order valence-corrected chi connectivity index (χ0v) is 16.9. The molecule has 1 aromatic heterocycles. The number of methoxy groups -OCH3 is 1. The van der Waals surface area contributed by atoms with Crippen molar-refractivity contribution >= 4 is 11.8 Å². The van der Waals surface area contributed by atoms with Crippen LogP contribution >= 0.6 is 0 Å². The highest BCUT2D eigenvalue weighted by Crippen LogP contribution is 2.41. The summed E-state index contributed by atoms with van der Waals surface area (Å²) in [6, 6.07) is 1.48. The number of hydrogen-bond donors (Lipinski definition) is 0. The van der Waals surface area contributed by atoms with E-state index in [1.165, 1.54) is 0 Å². The van der Waals surface area contributed by atoms with Gasteiger partial charge < -0.3 is 23.7 Å². The van der Waals surface area contributed by atoms with Gasteiger partial charge in [-0.25, -0.2) is 0 Å². The highest BCUT2D eigenvalue weighted by Gasteiger charge is 2.58. The molecule has 28 heavy (non-hydrogen) atoms. The molecule has 0 aliphatic carbocycles. The minimum Gasteiger partial charge on any atom is -0.466 e. The molecule has 3 fully saturated rings. The number of piperazine rings is 1. The summed E-state index contributed by atoms with van der Waals surface area (Å²) in [4.78, 5) is 32.4. The first-order valence-electron chi connectivity index (χ1n) is 9.99. The van der Waals surface area contributed by atoms with Crippen LogP contribution in [-0.2, 0) is 14.3 Å². The van der Waals surface area contributed by atoms with E-state index < -0.39 is 0 Å². The topological polar surface area (TPSA) is 75.5 Å². The summed E-state index contributed by atoms with van der Waals surface area (Å²) < 4.78 is 16.4. The summed E-state index contributed by atoms with van der Waals surface area (Å²) in [5.74, 6) is 1.39. The summed E-state index contributed by atoms with van der Waals surface area (Å²) in [6.45, 7) is 7.71. The molecular weight excluding hydrogens is 362 g/mol. The van der Waals surface area contributed by atoms with E-state index in [9.17, 15) is 9.59 Å². The van der Waals surface area contributed by atoms with Gasteiger partial charge in [0.05, 0.1) is 25.4 Å². The molecule has 8 heteroatoms. The molecule has 1 atom stereocenters. The Bertz CT molecular complexity index is 755. The Morgan fingerprint density at radius 3 is 2.68 bits per heavy atom. The monoisotopic (exact) mass is 391 g/mol. The largest absolute Gasteiger partial charge is 0.466 e. The summed E-state index contributed by atoms with van der Waals surface area (Å²) in [6.07, 6.45) is 1.60. The number of carbonyl (C=O) groups excluding carboxylic acids is 2. The van der Waals surface area contributed by atoms with Gasteiger partial charge in [-0.2, -0.15) is 0 Å². The quantitative estimate of drug-likeness (QED) is 0.763. The second kappa shape index (κ2) is 7.50. The standard InChI is InChI=1S/C20H29N3O5/c1-14-12-16(15(2)28-14)18(24)21-6-7-22-17(13-21)19(25)23(8-11-26-3)20(22)4-9-27-10-5-20/h12,17H,4-11,13H2,1-3H3/t17-/m1/s1. The predicted octanol–water partition coefficient (Wildman–Crippen LogP) is 1.02. The number of fused-ring (bicyclic) bond motifs is 2. The van der Waals surface area contributed by atoms with Gasteiger partial charge in [0, 0.05) is 46.1 Å². The maximum atomic E-state index is 13.3. The van der Waals surface area contributed by atoms with Crippen molar-refractivity contribution in [2.75, 3.05) is 53.1 Å². The fraction of sp³-hybridized carbons (Fsp3) is 0.700. The summed E-state index contributed by atoms with van der Waals surface area (Å²) in [7, 11) is 1.65. The summed E-state index contributed by atoms with van der Waals surface area (Å²) >= 11 is 0. The Balaban J connectivity index is 1.57. The van der Waals surface area contributed by atoms with Crippen molar-refractivity contribution in [1.82, 2.24) is 14.7 Å². The Morgan fingerprint density at radius 1 is 1.29 bits per heavy atom. The van der Waals surface area contributed by atoms with E-state index in [-0.39, 0.29) is 23.5 Å². The second-order valence-corrected chi connectivity index (χ2v) is 7.86. The third kappa shape index (κ3) is 3.03. The Hall–Kier alpha value is -1.90. The fourth-order valence-electron chi connectivity index (χ4n) is 4.99. The van der Waals surface area contributed by atoms with Gasteiger partial charge in [0.15, 0.2) is 0 Å². The molecule has 1 aromatic rings. The van der Waals surface area contributed by atoms with Crippen molar-refractivity contribution in [2.45, 2.75) is 38.4 Å². The van der Waals surface area contributed by atoms with Crippen LogP contribution in [0.15, 0.2) is 10.5 Å². The summed E-state index contributed by atoms with van der Waals surface area (Å²) in [5, 5.41) is 0. The number of ether oxygens (including phenoxy) is 2. The van der Waals surface area contributed by atoms with Crippen LogP contribution in [0.2, 0.25) is 0 Å². The lowest BCUT2D eigenvalue weighted by Crippen LogP contribution is -2.62. The van der Waals surface area contributed by atoms with Crippen LogP contribution in [0.4, 0.5) is 0 Å². The highest BCUT2D eigenvalue weighted by molar-refractivity contribution is 5.96. The smallest absolute Gasteiger partial charge is 0.257 e. The molecule has 8 nitrogen and oxygen atoms in total. The van der Waals surface area contributed by atoms with Crippen LogP contribution in [0.3, 0.4) is 0 Å². The molecule has 4 rings (SSSR count). The van der Waals surface area contributed by atoms with Crippen molar-refractivity contribution in [2.24, 2.45) is 0 Å². The highest BCUT2D eigenvalue weighted by atomic mass is 16.5. The SMILES string of the molecule is COCCN1C(=O)[C@H]2CN(C(=O)c3cc(C)oc3C)CCN2C12CCOCC2. The third-order valence-electron chi connectivity index (χ3n) is 6.34. The molecule has 4 heterocycles. The lowest BCUT2D eigenvalue weighted by atomic mass is 9.96. The van der Waals surface area contributed by atoms with E-state index in [0.717, 1.165) is 18.6 Å². The molecule has 0 saturated carbocycles. The van der Waals surface area contributed by atoms with E-state index in [0.29, 0.717) is 57.3 Å². The molecule has 3 saturated heterocycles. The molecule has 1 spiro atoms. The van der Waals surface area contributed by atoms with Gasteiger partial charge in [-0.15, -0.1) is 0 Å². The third-order valence-corrected chi connectivity index (χ3v) is 6.34. The van der Waals surface area contributed by atoms with Crippen LogP contribution in [-0.4, -0.2) is 91.3 Å². The average Bonchev–Trinajstić information content (AvgIpc) is 3.15. The zero-order valence-electron chi connectivity index (χ0n) is 16.9. The Morgan fingerprint density at radius 2 is 2.04 bits per heavy atom. The Kier molecular flexibility index (Phi) is 5.20. The van der Waals surface area contributed by atoms with Crippen molar-refractivity contribution in [3.8, 4) is 0 Å². The van der Waals surface area contributed by atoms with E-state index in [1.807, 2.05) is 11.8 Å². The maximum absolute atomic E-state index is 13.3. The van der Waals surface area contributed by atoms with E-state index in [4.69, 9.17) is 13.9 Å². The Labute approximate surface area is 165 Å². The number of hydrogen-bond acceptors (Lipinski definition) is 6. The number of nitrogens with zero attached hydrogens (tertiary/aromatic N) is 3. The number of aryl methyl sites for hydroxylation is 2. The average molecular weight is 391 g/mol. The predicted molar refractivity (Wildman–Crippen MR) is 101 cm³/mol.